The van der Waals surface area contributed by atoms with Crippen LogP contribution in [0.25, 0.3) is 11.3 Å². The van der Waals surface area contributed by atoms with Crippen molar-refractivity contribution in [3.8, 4) is 11.3 Å². The number of halogens is 1. The molecule has 0 bridgehead atoms. The smallest absolute Gasteiger partial charge is 0.340 e. The van der Waals surface area contributed by atoms with Crippen molar-refractivity contribution in [3.05, 3.63) is 62.4 Å². The van der Waals surface area contributed by atoms with Gasteiger partial charge in [0.15, 0.2) is 0 Å². The van der Waals surface area contributed by atoms with E-state index in [1.54, 1.807) is 36.5 Å². The molecule has 1 aliphatic rings. The lowest BCUT2D eigenvalue weighted by atomic mass is 9.88. The van der Waals surface area contributed by atoms with Crippen molar-refractivity contribution < 1.29 is 14.3 Å². The van der Waals surface area contributed by atoms with Gasteiger partial charge in [-0.1, -0.05) is 11.6 Å². The van der Waals surface area contributed by atoms with E-state index in [1.807, 2.05) is 16.8 Å². The quantitative estimate of drug-likeness (QED) is 0.647. The predicted molar refractivity (Wildman–Crippen MR) is 102 cm³/mol. The Balaban J connectivity index is 2.01. The van der Waals surface area contributed by atoms with Gasteiger partial charge in [0.05, 0.1) is 24.3 Å². The summed E-state index contributed by atoms with van der Waals surface area (Å²) in [4.78, 5) is 28.6. The number of H-pyrrole nitrogens is 1. The van der Waals surface area contributed by atoms with Crippen LogP contribution in [0.15, 0.2) is 35.0 Å². The van der Waals surface area contributed by atoms with E-state index in [0.717, 1.165) is 16.8 Å². The SMILES string of the molecule is COC(=O)c1c(C)[nH]c(-c2ccsc2)c1[C@H]1C(=O)Nc2ccc(Cl)cc21. The van der Waals surface area contributed by atoms with E-state index < -0.39 is 11.9 Å². The van der Waals surface area contributed by atoms with Crippen molar-refractivity contribution in [3.63, 3.8) is 0 Å². The molecule has 1 amide bonds. The maximum atomic E-state index is 12.8. The molecule has 0 spiro atoms. The number of ether oxygens (including phenoxy) is 1. The number of benzene rings is 1. The van der Waals surface area contributed by atoms with Gasteiger partial charge in [0.25, 0.3) is 0 Å². The second kappa shape index (κ2) is 6.30. The predicted octanol–water partition coefficient (Wildman–Crippen LogP) is 4.58. The van der Waals surface area contributed by atoms with Crippen LogP contribution in [-0.2, 0) is 9.53 Å². The third kappa shape index (κ3) is 2.53. The second-order valence-electron chi connectivity index (χ2n) is 6.07. The first-order chi connectivity index (χ1) is 12.5. The van der Waals surface area contributed by atoms with E-state index in [4.69, 9.17) is 16.3 Å². The molecular weight excluding hydrogens is 372 g/mol. The molecular formula is C19H15ClN2O3S. The molecule has 0 fully saturated rings. The van der Waals surface area contributed by atoms with Gasteiger partial charge in [-0.15, -0.1) is 0 Å². The number of methoxy groups -OCH3 is 1. The Morgan fingerprint density at radius 2 is 2.12 bits per heavy atom. The molecule has 2 N–H and O–H groups in total. The van der Waals surface area contributed by atoms with Crippen molar-refractivity contribution in [1.29, 1.82) is 0 Å². The van der Waals surface area contributed by atoms with Crippen LogP contribution in [0, 0.1) is 6.92 Å². The van der Waals surface area contributed by atoms with Crippen LogP contribution < -0.4 is 5.32 Å². The lowest BCUT2D eigenvalue weighted by Crippen LogP contribution is -2.17. The van der Waals surface area contributed by atoms with E-state index in [-0.39, 0.29) is 5.91 Å². The summed E-state index contributed by atoms with van der Waals surface area (Å²) < 4.78 is 4.98. The van der Waals surface area contributed by atoms with Crippen molar-refractivity contribution in [2.24, 2.45) is 0 Å². The fourth-order valence-corrected chi connectivity index (χ4v) is 4.28. The summed E-state index contributed by atoms with van der Waals surface area (Å²) in [5.74, 6) is -1.31. The molecule has 3 heterocycles. The summed E-state index contributed by atoms with van der Waals surface area (Å²) in [7, 11) is 1.34. The molecule has 3 aromatic rings. The highest BCUT2D eigenvalue weighted by Crippen LogP contribution is 2.44. The average Bonchev–Trinajstić information content (AvgIpc) is 3.31. The molecule has 2 aromatic heterocycles. The Bertz CT molecular complexity index is 1020. The molecule has 0 aliphatic carbocycles. The van der Waals surface area contributed by atoms with Gasteiger partial charge in [-0.25, -0.2) is 4.79 Å². The minimum Gasteiger partial charge on any atom is -0.465 e. The molecule has 1 aliphatic heterocycles. The summed E-state index contributed by atoms with van der Waals surface area (Å²) in [6, 6.07) is 7.22. The highest BCUT2D eigenvalue weighted by atomic mass is 35.5. The van der Waals surface area contributed by atoms with Crippen molar-refractivity contribution in [2.45, 2.75) is 12.8 Å². The van der Waals surface area contributed by atoms with E-state index in [2.05, 4.69) is 10.3 Å². The standard InChI is InChI=1S/C19H15ClN2O3S/c1-9-14(19(24)25-2)16(17(21-9)10-5-6-26-8-10)15-12-7-11(20)3-4-13(12)22-18(15)23/h3-8,15,21H,1-2H3,(H,22,23)/t15-/m0/s1. The lowest BCUT2D eigenvalue weighted by molar-refractivity contribution is -0.116. The number of rotatable bonds is 3. The van der Waals surface area contributed by atoms with E-state index in [9.17, 15) is 9.59 Å². The minimum absolute atomic E-state index is 0.192. The zero-order valence-electron chi connectivity index (χ0n) is 14.1. The summed E-state index contributed by atoms with van der Waals surface area (Å²) in [6.07, 6.45) is 0. The monoisotopic (exact) mass is 386 g/mol. The number of esters is 1. The number of aryl methyl sites for hydroxylation is 1. The highest BCUT2D eigenvalue weighted by molar-refractivity contribution is 7.08. The number of aromatic amines is 1. The highest BCUT2D eigenvalue weighted by Gasteiger charge is 2.38. The third-order valence-corrected chi connectivity index (χ3v) is 5.48. The van der Waals surface area contributed by atoms with Gasteiger partial charge in [-0.3, -0.25) is 4.79 Å². The molecule has 1 atom stereocenters. The summed E-state index contributed by atoms with van der Waals surface area (Å²) in [5.41, 5.74) is 4.80. The Morgan fingerprint density at radius 1 is 1.31 bits per heavy atom. The van der Waals surface area contributed by atoms with Gasteiger partial charge in [-0.05, 0) is 42.1 Å². The first-order valence-corrected chi connectivity index (χ1v) is 9.27. The second-order valence-corrected chi connectivity index (χ2v) is 7.29. The van der Waals surface area contributed by atoms with Gasteiger partial charge in [0, 0.05) is 32.9 Å². The maximum Gasteiger partial charge on any atom is 0.340 e. The Kier molecular flexibility index (Phi) is 4.09. The molecule has 1 aromatic carbocycles. The Hall–Kier alpha value is -2.57. The fraction of sp³-hybridized carbons (Fsp3) is 0.158. The zero-order valence-corrected chi connectivity index (χ0v) is 15.6. The van der Waals surface area contributed by atoms with E-state index >= 15 is 0 Å². The van der Waals surface area contributed by atoms with Crippen molar-refractivity contribution in [1.82, 2.24) is 4.98 Å². The Labute approximate surface area is 159 Å². The van der Waals surface area contributed by atoms with Gasteiger partial charge in [0.1, 0.15) is 0 Å². The minimum atomic E-state index is -0.641. The summed E-state index contributed by atoms with van der Waals surface area (Å²) in [6.45, 7) is 1.80. The fourth-order valence-electron chi connectivity index (χ4n) is 3.45. The number of thiophene rings is 1. The van der Waals surface area contributed by atoms with Gasteiger partial charge in [0.2, 0.25) is 5.91 Å². The van der Waals surface area contributed by atoms with Gasteiger partial charge < -0.3 is 15.0 Å². The first-order valence-electron chi connectivity index (χ1n) is 7.95. The number of hydrogen-bond donors (Lipinski definition) is 2. The average molecular weight is 387 g/mol. The largest absolute Gasteiger partial charge is 0.465 e. The van der Waals surface area contributed by atoms with Crippen molar-refractivity contribution in [2.75, 3.05) is 12.4 Å². The molecule has 4 rings (SSSR count). The molecule has 132 valence electrons. The number of carbonyl (C=O) groups is 2. The number of amides is 1. The van der Waals surface area contributed by atoms with Crippen LogP contribution in [0.3, 0.4) is 0 Å². The molecule has 0 unspecified atom stereocenters. The maximum absolute atomic E-state index is 12.8. The Morgan fingerprint density at radius 3 is 2.81 bits per heavy atom. The third-order valence-electron chi connectivity index (χ3n) is 4.56. The summed E-state index contributed by atoms with van der Waals surface area (Å²) >= 11 is 7.71. The molecule has 0 radical (unpaired) electrons. The molecule has 5 nitrogen and oxygen atoms in total. The van der Waals surface area contributed by atoms with E-state index in [1.165, 1.54) is 7.11 Å². The number of aromatic nitrogens is 1. The van der Waals surface area contributed by atoms with Crippen LogP contribution in [0.5, 0.6) is 0 Å². The molecule has 26 heavy (non-hydrogen) atoms. The van der Waals surface area contributed by atoms with Gasteiger partial charge >= 0.3 is 5.97 Å². The number of carbonyl (C=O) groups excluding carboxylic acids is 2. The van der Waals surface area contributed by atoms with Crippen LogP contribution in [0.4, 0.5) is 5.69 Å². The topological polar surface area (TPSA) is 71.2 Å². The molecule has 7 heteroatoms. The van der Waals surface area contributed by atoms with Crippen LogP contribution in [0.2, 0.25) is 5.02 Å². The normalized spacial score (nSPS) is 15.7. The number of anilines is 1. The number of fused-ring (bicyclic) bond motifs is 1. The van der Waals surface area contributed by atoms with Crippen LogP contribution in [-0.4, -0.2) is 24.0 Å². The molecule has 0 saturated heterocycles. The summed E-state index contributed by atoms with van der Waals surface area (Å²) in [5, 5.41) is 7.34. The number of hydrogen-bond acceptors (Lipinski definition) is 4. The van der Waals surface area contributed by atoms with Crippen LogP contribution >= 0.6 is 22.9 Å². The molecule has 0 saturated carbocycles. The van der Waals surface area contributed by atoms with Crippen LogP contribution in [0.1, 0.15) is 33.1 Å². The first kappa shape index (κ1) is 16.9. The van der Waals surface area contributed by atoms with Gasteiger partial charge in [-0.2, -0.15) is 11.3 Å². The van der Waals surface area contributed by atoms with E-state index in [0.29, 0.717) is 27.5 Å². The van der Waals surface area contributed by atoms with Crippen molar-refractivity contribution >= 4 is 40.5 Å². The zero-order chi connectivity index (χ0) is 18.4. The lowest BCUT2D eigenvalue weighted by Gasteiger charge is -2.13. The number of nitrogens with one attached hydrogen (secondary N) is 2.